The number of hydrogen-bond donors (Lipinski definition) is 3. The van der Waals surface area contributed by atoms with Crippen LogP contribution >= 0.6 is 0 Å². The Bertz CT molecular complexity index is 488. The van der Waals surface area contributed by atoms with Crippen molar-refractivity contribution in [2.75, 3.05) is 17.7 Å². The third-order valence-electron chi connectivity index (χ3n) is 3.26. The first-order valence-electron chi connectivity index (χ1n) is 6.27. The summed E-state index contributed by atoms with van der Waals surface area (Å²) in [5.74, 6) is -0.613. The molecule has 1 atom stereocenters. The van der Waals surface area contributed by atoms with Crippen molar-refractivity contribution in [3.05, 3.63) is 17.8 Å². The molecule has 1 unspecified atom stereocenters. The number of aromatic carboxylic acids is 1. The summed E-state index contributed by atoms with van der Waals surface area (Å²) in [6.45, 7) is 4.74. The summed E-state index contributed by atoms with van der Waals surface area (Å²) >= 11 is 0. The molecule has 1 aromatic rings. The van der Waals surface area contributed by atoms with Crippen LogP contribution in [0, 0.1) is 0 Å². The van der Waals surface area contributed by atoms with Crippen LogP contribution in [0.5, 0.6) is 0 Å². The maximum absolute atomic E-state index is 11.0. The van der Waals surface area contributed by atoms with E-state index in [2.05, 4.69) is 10.3 Å². The van der Waals surface area contributed by atoms with Gasteiger partial charge < -0.3 is 20.9 Å². The lowest BCUT2D eigenvalue weighted by molar-refractivity contribution is -0.0553. The lowest BCUT2D eigenvalue weighted by Crippen LogP contribution is -2.40. The smallest absolute Gasteiger partial charge is 0.337 e. The molecule has 0 aliphatic carbocycles. The molecular formula is C13H19N3O3. The number of ether oxygens (including phenoxy) is 1. The molecule has 0 saturated carbocycles. The van der Waals surface area contributed by atoms with E-state index >= 15 is 0 Å². The fourth-order valence-electron chi connectivity index (χ4n) is 2.32. The molecule has 0 radical (unpaired) electrons. The first-order chi connectivity index (χ1) is 8.89. The Morgan fingerprint density at radius 2 is 2.37 bits per heavy atom. The molecule has 1 aliphatic rings. The van der Waals surface area contributed by atoms with Crippen molar-refractivity contribution in [2.45, 2.75) is 38.3 Å². The van der Waals surface area contributed by atoms with Crippen LogP contribution in [0.3, 0.4) is 0 Å². The van der Waals surface area contributed by atoms with Crippen LogP contribution < -0.4 is 11.1 Å². The van der Waals surface area contributed by atoms with E-state index in [1.54, 1.807) is 0 Å². The van der Waals surface area contributed by atoms with Crippen LogP contribution in [0.15, 0.2) is 12.3 Å². The predicted octanol–water partition coefficient (Wildman–Crippen LogP) is 1.73. The fourth-order valence-corrected chi connectivity index (χ4v) is 2.32. The van der Waals surface area contributed by atoms with E-state index in [1.807, 2.05) is 13.8 Å². The Morgan fingerprint density at radius 3 is 3.00 bits per heavy atom. The van der Waals surface area contributed by atoms with Crippen LogP contribution in [-0.4, -0.2) is 34.3 Å². The van der Waals surface area contributed by atoms with Crippen molar-refractivity contribution in [1.82, 2.24) is 4.98 Å². The summed E-state index contributed by atoms with van der Waals surface area (Å²) in [5, 5.41) is 12.2. The predicted molar refractivity (Wildman–Crippen MR) is 72.3 cm³/mol. The van der Waals surface area contributed by atoms with Gasteiger partial charge in [-0.3, -0.25) is 0 Å². The molecule has 0 amide bonds. The van der Waals surface area contributed by atoms with Gasteiger partial charge in [-0.2, -0.15) is 0 Å². The van der Waals surface area contributed by atoms with Gasteiger partial charge in [0.2, 0.25) is 0 Å². The minimum Gasteiger partial charge on any atom is -0.478 e. The average molecular weight is 265 g/mol. The van der Waals surface area contributed by atoms with Crippen LogP contribution in [0.2, 0.25) is 0 Å². The fraction of sp³-hybridized carbons (Fsp3) is 0.538. The number of hydrogen-bond acceptors (Lipinski definition) is 5. The van der Waals surface area contributed by atoms with E-state index < -0.39 is 5.97 Å². The third kappa shape index (κ3) is 3.14. The summed E-state index contributed by atoms with van der Waals surface area (Å²) in [6, 6.07) is 1.58. The Hall–Kier alpha value is -1.82. The molecule has 19 heavy (non-hydrogen) atoms. The second-order valence-corrected chi connectivity index (χ2v) is 5.37. The van der Waals surface area contributed by atoms with Crippen LogP contribution in [0.25, 0.3) is 0 Å². The van der Waals surface area contributed by atoms with Crippen LogP contribution in [-0.2, 0) is 4.74 Å². The van der Waals surface area contributed by atoms with E-state index in [4.69, 9.17) is 15.6 Å². The van der Waals surface area contributed by atoms with Gasteiger partial charge in [0.15, 0.2) is 0 Å². The number of nitrogen functional groups attached to an aromatic ring is 1. The summed E-state index contributed by atoms with van der Waals surface area (Å²) in [7, 11) is 0. The van der Waals surface area contributed by atoms with Crippen LogP contribution in [0.1, 0.15) is 37.0 Å². The first-order valence-corrected chi connectivity index (χ1v) is 6.27. The maximum atomic E-state index is 11.0. The van der Waals surface area contributed by atoms with Crippen molar-refractivity contribution < 1.29 is 14.6 Å². The summed E-state index contributed by atoms with van der Waals surface area (Å²) in [5.41, 5.74) is 5.90. The van der Waals surface area contributed by atoms with E-state index in [-0.39, 0.29) is 22.9 Å². The first kappa shape index (κ1) is 13.6. The number of rotatable bonds is 3. The topological polar surface area (TPSA) is 97.5 Å². The molecule has 0 aromatic carbocycles. The molecule has 1 aliphatic heterocycles. The highest BCUT2D eigenvalue weighted by atomic mass is 16.5. The monoisotopic (exact) mass is 265 g/mol. The minimum atomic E-state index is -1.05. The van der Waals surface area contributed by atoms with E-state index in [0.717, 1.165) is 12.8 Å². The van der Waals surface area contributed by atoms with Crippen molar-refractivity contribution in [3.63, 3.8) is 0 Å². The summed E-state index contributed by atoms with van der Waals surface area (Å²) in [6.07, 6.45) is 3.12. The molecule has 0 bridgehead atoms. The van der Waals surface area contributed by atoms with Gasteiger partial charge in [-0.05, 0) is 32.8 Å². The number of nitrogens with two attached hydrogens (primary N) is 1. The lowest BCUT2D eigenvalue weighted by Gasteiger charge is -2.36. The molecule has 104 valence electrons. The zero-order chi connectivity index (χ0) is 14.0. The second kappa shape index (κ2) is 5.05. The van der Waals surface area contributed by atoms with E-state index in [0.29, 0.717) is 12.4 Å². The van der Waals surface area contributed by atoms with Crippen molar-refractivity contribution in [3.8, 4) is 0 Å². The number of carbonyl (C=O) groups is 1. The quantitative estimate of drug-likeness (QED) is 0.770. The van der Waals surface area contributed by atoms with Gasteiger partial charge in [0.25, 0.3) is 0 Å². The molecular weight excluding hydrogens is 246 g/mol. The number of nitrogens with one attached hydrogen (secondary N) is 1. The Kier molecular flexibility index (Phi) is 3.61. The third-order valence-corrected chi connectivity index (χ3v) is 3.26. The van der Waals surface area contributed by atoms with Gasteiger partial charge in [0, 0.05) is 18.8 Å². The molecule has 1 aromatic heterocycles. The molecule has 1 saturated heterocycles. The van der Waals surface area contributed by atoms with E-state index in [1.165, 1.54) is 12.3 Å². The number of carboxylic acid groups (broad SMARTS) is 1. The van der Waals surface area contributed by atoms with Gasteiger partial charge in [-0.15, -0.1) is 0 Å². The van der Waals surface area contributed by atoms with Crippen LogP contribution in [0.4, 0.5) is 11.5 Å². The SMILES string of the molecule is CC1(C)CC(Nc2nccc(C(=O)O)c2N)CCO1. The standard InChI is InChI=1S/C13H19N3O3/c1-13(2)7-8(4-6-19-13)16-11-10(14)9(12(17)18)3-5-15-11/h3,5,8H,4,6-7,14H2,1-2H3,(H,15,16)(H,17,18). The minimum absolute atomic E-state index is 0.0730. The highest BCUT2D eigenvalue weighted by Crippen LogP contribution is 2.28. The Labute approximate surface area is 112 Å². The largest absolute Gasteiger partial charge is 0.478 e. The summed E-state index contributed by atoms with van der Waals surface area (Å²) in [4.78, 5) is 15.1. The zero-order valence-electron chi connectivity index (χ0n) is 11.1. The normalized spacial score (nSPS) is 21.9. The van der Waals surface area contributed by atoms with E-state index in [9.17, 15) is 4.79 Å². The number of pyridine rings is 1. The number of anilines is 2. The van der Waals surface area contributed by atoms with Gasteiger partial charge >= 0.3 is 5.97 Å². The number of carboxylic acids is 1. The highest BCUT2D eigenvalue weighted by molar-refractivity contribution is 5.96. The summed E-state index contributed by atoms with van der Waals surface area (Å²) < 4.78 is 5.64. The zero-order valence-corrected chi connectivity index (χ0v) is 11.1. The molecule has 0 spiro atoms. The second-order valence-electron chi connectivity index (χ2n) is 5.37. The molecule has 6 nitrogen and oxygen atoms in total. The van der Waals surface area contributed by atoms with Crippen molar-refractivity contribution >= 4 is 17.5 Å². The van der Waals surface area contributed by atoms with Crippen molar-refractivity contribution in [2.24, 2.45) is 0 Å². The molecule has 4 N–H and O–H groups in total. The van der Waals surface area contributed by atoms with Gasteiger partial charge in [-0.25, -0.2) is 9.78 Å². The van der Waals surface area contributed by atoms with Gasteiger partial charge in [0.1, 0.15) is 5.82 Å². The molecule has 2 heterocycles. The van der Waals surface area contributed by atoms with Crippen molar-refractivity contribution in [1.29, 1.82) is 0 Å². The maximum Gasteiger partial charge on any atom is 0.337 e. The highest BCUT2D eigenvalue weighted by Gasteiger charge is 2.29. The van der Waals surface area contributed by atoms with Gasteiger partial charge in [-0.1, -0.05) is 0 Å². The molecule has 1 fully saturated rings. The molecule has 6 heteroatoms. The average Bonchev–Trinajstić information content (AvgIpc) is 2.30. The lowest BCUT2D eigenvalue weighted by atomic mass is 9.94. The Morgan fingerprint density at radius 1 is 1.63 bits per heavy atom. The Balaban J connectivity index is 2.15. The molecule has 2 rings (SSSR count). The van der Waals surface area contributed by atoms with Gasteiger partial charge in [0.05, 0.1) is 16.9 Å². The number of nitrogens with zero attached hydrogens (tertiary/aromatic N) is 1. The number of aromatic nitrogens is 1.